The summed E-state index contributed by atoms with van der Waals surface area (Å²) in [4.78, 5) is 21.7. The third-order valence-corrected chi connectivity index (χ3v) is 0. The van der Waals surface area contributed by atoms with Crippen LogP contribution in [0, 0.1) is 0 Å². The highest BCUT2D eigenvalue weighted by Crippen LogP contribution is 2.51. The van der Waals surface area contributed by atoms with Gasteiger partial charge in [0.05, 0.1) is 0 Å². The van der Waals surface area contributed by atoms with Gasteiger partial charge >= 0.3 is 8.60 Å². The van der Waals surface area contributed by atoms with Crippen LogP contribution < -0.4 is 0 Å². The monoisotopic (exact) mass is 218 g/mol. The van der Waals surface area contributed by atoms with E-state index in [0.717, 1.165) is 0 Å². The van der Waals surface area contributed by atoms with Crippen molar-refractivity contribution >= 4 is 48.3 Å². The van der Waals surface area contributed by atoms with Crippen molar-refractivity contribution in [2.24, 2.45) is 0 Å². The average molecular weight is 219 g/mol. The van der Waals surface area contributed by atoms with Crippen LogP contribution in [-0.2, 0) is 0 Å². The van der Waals surface area contributed by atoms with E-state index in [0.29, 0.717) is 0 Å². The van der Waals surface area contributed by atoms with E-state index in [4.69, 9.17) is 48.4 Å². The predicted molar refractivity (Wildman–Crippen MR) is 38.1 cm³/mol. The molecular formula is H3Cl3O3P2. The molecular weight excluding hydrogens is 216 g/mol. The molecule has 0 unspecified atom stereocenters. The lowest BCUT2D eigenvalue weighted by Crippen LogP contribution is -1.54. The highest BCUT2D eigenvalue weighted by atomic mass is 36.0. The van der Waals surface area contributed by atoms with Crippen LogP contribution in [0.15, 0.2) is 0 Å². The maximum absolute atomic E-state index is 7.23. The summed E-state index contributed by atoms with van der Waals surface area (Å²) in [7, 11) is -2.62. The molecule has 0 aliphatic heterocycles. The van der Waals surface area contributed by atoms with Gasteiger partial charge in [-0.25, -0.2) is 0 Å². The first-order chi connectivity index (χ1) is 3.46. The molecule has 0 saturated heterocycles. The minimum absolute atomic E-state index is 1.20. The van der Waals surface area contributed by atoms with Crippen molar-refractivity contribution in [1.82, 2.24) is 0 Å². The zero-order valence-electron chi connectivity index (χ0n) is 3.37. The van der Waals surface area contributed by atoms with Gasteiger partial charge in [0.15, 0.2) is 5.98 Å². The second-order valence-corrected chi connectivity index (χ2v) is 5.98. The summed E-state index contributed by atoms with van der Waals surface area (Å²) in [6, 6.07) is 0. The molecule has 0 spiro atoms. The van der Waals surface area contributed by atoms with Crippen molar-refractivity contribution < 1.29 is 14.7 Å². The zero-order valence-corrected chi connectivity index (χ0v) is 7.43. The van der Waals surface area contributed by atoms with Crippen LogP contribution in [0.3, 0.4) is 0 Å². The average Bonchev–Trinajstić information content (AvgIpc) is 1.25. The molecule has 0 aliphatic rings. The largest absolute Gasteiger partial charge is 0.328 e. The summed E-state index contributed by atoms with van der Waals surface area (Å²) < 4.78 is 0. The summed E-state index contributed by atoms with van der Waals surface area (Å²) in [5.74, 6) is -1.20. The van der Waals surface area contributed by atoms with E-state index in [2.05, 4.69) is 0 Å². The Hall–Kier alpha value is 1.61. The molecule has 0 bridgehead atoms. The van der Waals surface area contributed by atoms with Gasteiger partial charge in [-0.2, -0.15) is 0 Å². The van der Waals surface area contributed by atoms with E-state index < -0.39 is 14.6 Å². The fourth-order valence-electron chi connectivity index (χ4n) is 0. The van der Waals surface area contributed by atoms with E-state index in [1.54, 1.807) is 0 Å². The minimum atomic E-state index is -2.62. The first-order valence-corrected chi connectivity index (χ1v) is 6.36. The fraction of sp³-hybridized carbons (Fsp3) is 0. The van der Waals surface area contributed by atoms with Gasteiger partial charge in [0.25, 0.3) is 0 Å². The van der Waals surface area contributed by atoms with Crippen molar-refractivity contribution in [3.05, 3.63) is 0 Å². The third-order valence-electron chi connectivity index (χ3n) is 0. The summed E-state index contributed by atoms with van der Waals surface area (Å²) in [5, 5.41) is 0. The summed E-state index contributed by atoms with van der Waals surface area (Å²) >= 11 is 14.6. The lowest BCUT2D eigenvalue weighted by molar-refractivity contribution is 0.368. The van der Waals surface area contributed by atoms with Crippen LogP contribution in [0.25, 0.3) is 0 Å². The number of halogens is 3. The molecule has 52 valence electrons. The van der Waals surface area contributed by atoms with Gasteiger partial charge < -0.3 is 14.7 Å². The summed E-state index contributed by atoms with van der Waals surface area (Å²) in [5.41, 5.74) is 0. The fourth-order valence-corrected chi connectivity index (χ4v) is 0. The van der Waals surface area contributed by atoms with Crippen LogP contribution in [0.5, 0.6) is 0 Å². The van der Waals surface area contributed by atoms with E-state index in [-0.39, 0.29) is 0 Å². The van der Waals surface area contributed by atoms with Gasteiger partial charge in [0, 0.05) is 0 Å². The molecule has 8 heavy (non-hydrogen) atoms. The first kappa shape index (κ1) is 12.3. The molecule has 0 heterocycles. The van der Waals surface area contributed by atoms with Gasteiger partial charge in [-0.1, -0.05) is 33.7 Å². The Morgan fingerprint density at radius 3 is 0.875 bits per heavy atom. The van der Waals surface area contributed by atoms with E-state index in [1.807, 2.05) is 0 Å². The minimum Gasteiger partial charge on any atom is -0.328 e. The Morgan fingerprint density at radius 1 is 0.875 bits per heavy atom. The van der Waals surface area contributed by atoms with Crippen LogP contribution >= 0.6 is 48.3 Å². The van der Waals surface area contributed by atoms with Crippen LogP contribution in [0.2, 0.25) is 0 Å². The van der Waals surface area contributed by atoms with Crippen molar-refractivity contribution in [2.45, 2.75) is 0 Å². The molecule has 0 aliphatic carbocycles. The SMILES string of the molecule is ClP(Cl)Cl.OP(O)O. The first-order valence-electron chi connectivity index (χ1n) is 1.11. The molecule has 3 nitrogen and oxygen atoms in total. The number of rotatable bonds is 0. The van der Waals surface area contributed by atoms with Crippen molar-refractivity contribution in [1.29, 1.82) is 0 Å². The standard InChI is InChI=1S/Cl3P.H3O3P/c2*1-4(2)3/h;1-3H. The maximum Gasteiger partial charge on any atom is 0.324 e. The predicted octanol–water partition coefficient (Wildman–Crippen LogP) is 2.12. The van der Waals surface area contributed by atoms with E-state index >= 15 is 0 Å². The lowest BCUT2D eigenvalue weighted by atomic mass is 15.8. The van der Waals surface area contributed by atoms with Crippen LogP contribution in [0.4, 0.5) is 0 Å². The van der Waals surface area contributed by atoms with Gasteiger partial charge in [0.1, 0.15) is 0 Å². The van der Waals surface area contributed by atoms with Gasteiger partial charge in [-0.15, -0.1) is 0 Å². The Bertz CT molecular complexity index is 28.0. The topological polar surface area (TPSA) is 60.7 Å². The second kappa shape index (κ2) is 8.61. The molecule has 0 atom stereocenters. The van der Waals surface area contributed by atoms with Crippen LogP contribution in [0.1, 0.15) is 0 Å². The normalized spacial score (nSPS) is 9.00. The highest BCUT2D eigenvalue weighted by molar-refractivity contribution is 8.20. The molecule has 0 amide bonds. The molecule has 0 aromatic rings. The lowest BCUT2D eigenvalue weighted by Gasteiger charge is -1.76. The molecule has 3 N–H and O–H groups in total. The van der Waals surface area contributed by atoms with Crippen molar-refractivity contribution in [3.63, 3.8) is 0 Å². The number of hydrogen-bond donors (Lipinski definition) is 3. The zero-order chi connectivity index (χ0) is 7.15. The Balaban J connectivity index is 0. The molecule has 0 saturated carbocycles. The van der Waals surface area contributed by atoms with Crippen LogP contribution in [-0.4, -0.2) is 14.7 Å². The highest BCUT2D eigenvalue weighted by Gasteiger charge is 1.80. The molecule has 0 aromatic heterocycles. The number of hydrogen-bond acceptors (Lipinski definition) is 3. The summed E-state index contributed by atoms with van der Waals surface area (Å²) in [6.07, 6.45) is 0. The van der Waals surface area contributed by atoms with Crippen molar-refractivity contribution in [3.8, 4) is 0 Å². The van der Waals surface area contributed by atoms with Gasteiger partial charge in [-0.3, -0.25) is 0 Å². The van der Waals surface area contributed by atoms with Gasteiger partial charge in [0.2, 0.25) is 0 Å². The van der Waals surface area contributed by atoms with E-state index in [9.17, 15) is 0 Å². The molecule has 0 rings (SSSR count). The van der Waals surface area contributed by atoms with Gasteiger partial charge in [-0.05, 0) is 0 Å². The third kappa shape index (κ3) is 128. The molecule has 8 heteroatoms. The smallest absolute Gasteiger partial charge is 0.324 e. The Morgan fingerprint density at radius 2 is 0.875 bits per heavy atom. The maximum atomic E-state index is 7.23. The quantitative estimate of drug-likeness (QED) is 0.547. The molecule has 0 aromatic carbocycles. The molecule has 0 fully saturated rings. The molecule has 0 radical (unpaired) electrons. The Kier molecular flexibility index (Phi) is 13.2. The second-order valence-electron chi connectivity index (χ2n) is 0.460. The Labute approximate surface area is 63.3 Å². The van der Waals surface area contributed by atoms with E-state index in [1.165, 1.54) is 0 Å². The summed E-state index contributed by atoms with van der Waals surface area (Å²) in [6.45, 7) is 0. The van der Waals surface area contributed by atoms with Crippen molar-refractivity contribution in [2.75, 3.05) is 0 Å².